The molecule has 0 radical (unpaired) electrons. The largest absolute Gasteiger partial charge is 0.368 e. The van der Waals surface area contributed by atoms with E-state index in [1.165, 1.54) is 17.5 Å². The number of piperidine rings is 1. The number of aryl methyl sites for hydroxylation is 2. The Labute approximate surface area is 213 Å². The molecule has 9 heteroatoms. The van der Waals surface area contributed by atoms with E-state index < -0.39 is 10.0 Å². The van der Waals surface area contributed by atoms with Crippen LogP contribution in [0.4, 0.5) is 0 Å². The minimum atomic E-state index is -3.49. The molecule has 6 nitrogen and oxygen atoms in total. The topological polar surface area (TPSA) is 73.8 Å². The summed E-state index contributed by atoms with van der Waals surface area (Å²) in [6.45, 7) is 3.16. The summed E-state index contributed by atoms with van der Waals surface area (Å²) in [5, 5.41) is 7.88. The van der Waals surface area contributed by atoms with Crippen LogP contribution in [0.2, 0.25) is 5.02 Å². The van der Waals surface area contributed by atoms with Gasteiger partial charge in [0.25, 0.3) is 0 Å². The van der Waals surface area contributed by atoms with Gasteiger partial charge < -0.3 is 10.6 Å². The highest BCUT2D eigenvalue weighted by Crippen LogP contribution is 2.31. The molecule has 1 saturated heterocycles. The van der Waals surface area contributed by atoms with E-state index >= 15 is 0 Å². The lowest BCUT2D eigenvalue weighted by atomic mass is 9.85. The molecule has 0 amide bonds. The molecule has 0 saturated carbocycles. The number of benzene rings is 2. The summed E-state index contributed by atoms with van der Waals surface area (Å²) in [4.78, 5) is 5.22. The molecular formula is C25H32Cl2N4O2S. The lowest BCUT2D eigenvalue weighted by Gasteiger charge is -2.44. The van der Waals surface area contributed by atoms with E-state index in [-0.39, 0.29) is 17.9 Å². The summed E-state index contributed by atoms with van der Waals surface area (Å²) < 4.78 is 28.5. The predicted octanol–water partition coefficient (Wildman–Crippen LogP) is 3.96. The van der Waals surface area contributed by atoms with Crippen molar-refractivity contribution >= 4 is 39.9 Å². The normalized spacial score (nSPS) is 20.2. The molecule has 2 aromatic carbocycles. The van der Waals surface area contributed by atoms with E-state index in [1.54, 1.807) is 10.4 Å². The van der Waals surface area contributed by atoms with Crippen molar-refractivity contribution in [2.75, 3.05) is 26.2 Å². The van der Waals surface area contributed by atoms with Gasteiger partial charge in [0.2, 0.25) is 10.0 Å². The first kappa shape index (κ1) is 25.5. The minimum Gasteiger partial charge on any atom is -0.368 e. The van der Waals surface area contributed by atoms with Crippen molar-refractivity contribution in [1.82, 2.24) is 14.9 Å². The standard InChI is InChI=1S/C25H31ClN4O2S.ClH/c26-22-8-5-19(6-9-22)18-28-24-25(29-14-13-27-24)11-15-30(16-12-25)33(31,32)23-10-7-20-3-1-2-4-21(20)17-23;/h5-10,17,29H,1-4,11-16,18H2,(H,27,28);1H. The van der Waals surface area contributed by atoms with Crippen molar-refractivity contribution in [2.24, 2.45) is 4.99 Å². The summed E-state index contributed by atoms with van der Waals surface area (Å²) >= 11 is 6.00. The highest BCUT2D eigenvalue weighted by molar-refractivity contribution is 7.89. The van der Waals surface area contributed by atoms with E-state index in [1.807, 2.05) is 36.4 Å². The maximum Gasteiger partial charge on any atom is 0.243 e. The van der Waals surface area contributed by atoms with Gasteiger partial charge in [0.15, 0.2) is 0 Å². The predicted molar refractivity (Wildman–Crippen MR) is 140 cm³/mol. The number of hydrogen-bond donors (Lipinski definition) is 2. The fourth-order valence-electron chi connectivity index (χ4n) is 5.25. The molecule has 1 spiro atoms. The lowest BCUT2D eigenvalue weighted by Crippen LogP contribution is -2.64. The van der Waals surface area contributed by atoms with Gasteiger partial charge in [-0.3, -0.25) is 4.99 Å². The van der Waals surface area contributed by atoms with Crippen molar-refractivity contribution in [1.29, 1.82) is 0 Å². The highest BCUT2D eigenvalue weighted by Gasteiger charge is 2.43. The van der Waals surface area contributed by atoms with Gasteiger partial charge in [-0.2, -0.15) is 4.31 Å². The highest BCUT2D eigenvalue weighted by atomic mass is 35.5. The SMILES string of the molecule is Cl.O=S(=O)(c1ccc2c(c1)CCCC2)N1CCC2(CC1)NCCN=C2NCc1ccc(Cl)cc1. The lowest BCUT2D eigenvalue weighted by molar-refractivity contribution is 0.241. The van der Waals surface area contributed by atoms with Crippen molar-refractivity contribution in [3.05, 3.63) is 64.2 Å². The number of halogens is 2. The number of rotatable bonds is 4. The molecule has 5 rings (SSSR count). The van der Waals surface area contributed by atoms with Crippen LogP contribution in [0, 0.1) is 0 Å². The summed E-state index contributed by atoms with van der Waals surface area (Å²) in [6.07, 6.45) is 5.76. The Hall–Kier alpha value is -1.64. The Bertz CT molecular complexity index is 1140. The van der Waals surface area contributed by atoms with Crippen LogP contribution in [-0.4, -0.2) is 50.3 Å². The second-order valence-electron chi connectivity index (χ2n) is 9.26. The van der Waals surface area contributed by atoms with E-state index in [0.29, 0.717) is 37.4 Å². The number of aliphatic imine (C=N–C) groups is 1. The zero-order valence-electron chi connectivity index (χ0n) is 19.2. The van der Waals surface area contributed by atoms with Crippen LogP contribution in [0.25, 0.3) is 0 Å². The molecule has 1 fully saturated rings. The molecule has 34 heavy (non-hydrogen) atoms. The average molecular weight is 524 g/mol. The number of nitrogens with one attached hydrogen (secondary N) is 2. The summed E-state index contributed by atoms with van der Waals surface area (Å²) in [6, 6.07) is 13.5. The quantitative estimate of drug-likeness (QED) is 0.637. The third kappa shape index (κ3) is 5.14. The van der Waals surface area contributed by atoms with Gasteiger partial charge in [0, 0.05) is 31.2 Å². The number of nitrogens with zero attached hydrogens (tertiary/aromatic N) is 2. The molecule has 0 aromatic heterocycles. The smallest absolute Gasteiger partial charge is 0.243 e. The first-order valence-electron chi connectivity index (χ1n) is 11.9. The Kier molecular flexibility index (Phi) is 7.89. The number of amidine groups is 1. The van der Waals surface area contributed by atoms with Crippen LogP contribution < -0.4 is 10.6 Å². The van der Waals surface area contributed by atoms with Gasteiger partial charge >= 0.3 is 0 Å². The molecule has 3 aliphatic rings. The Balaban J connectivity index is 0.00000274. The van der Waals surface area contributed by atoms with Gasteiger partial charge in [-0.05, 0) is 79.5 Å². The van der Waals surface area contributed by atoms with Crippen LogP contribution in [0.3, 0.4) is 0 Å². The van der Waals surface area contributed by atoms with Gasteiger partial charge in [-0.1, -0.05) is 29.8 Å². The zero-order chi connectivity index (χ0) is 22.9. The average Bonchev–Trinajstić information content (AvgIpc) is 2.84. The summed E-state index contributed by atoms with van der Waals surface area (Å²) in [5.41, 5.74) is 3.34. The molecule has 0 atom stereocenters. The maximum absolute atomic E-state index is 13.4. The van der Waals surface area contributed by atoms with Crippen molar-refractivity contribution < 1.29 is 8.42 Å². The molecule has 0 unspecified atom stereocenters. The molecule has 2 aromatic rings. The van der Waals surface area contributed by atoms with E-state index in [0.717, 1.165) is 48.8 Å². The fourth-order valence-corrected chi connectivity index (χ4v) is 6.87. The first-order valence-corrected chi connectivity index (χ1v) is 13.7. The second kappa shape index (κ2) is 10.5. The van der Waals surface area contributed by atoms with Crippen LogP contribution in [0.5, 0.6) is 0 Å². The van der Waals surface area contributed by atoms with Crippen LogP contribution in [0.1, 0.15) is 42.4 Å². The number of hydrogen-bond acceptors (Lipinski definition) is 5. The number of sulfonamides is 1. The summed E-state index contributed by atoms with van der Waals surface area (Å²) in [5.74, 6) is 0.939. The molecule has 1 aliphatic carbocycles. The van der Waals surface area contributed by atoms with Crippen LogP contribution >= 0.6 is 24.0 Å². The van der Waals surface area contributed by atoms with Crippen LogP contribution in [0.15, 0.2) is 52.4 Å². The van der Waals surface area contributed by atoms with Crippen LogP contribution in [-0.2, 0) is 29.4 Å². The summed E-state index contributed by atoms with van der Waals surface area (Å²) in [7, 11) is -3.49. The van der Waals surface area contributed by atoms with Gasteiger partial charge in [-0.15, -0.1) is 12.4 Å². The Morgan fingerprint density at radius 1 is 1.03 bits per heavy atom. The van der Waals surface area contributed by atoms with Crippen molar-refractivity contribution in [2.45, 2.75) is 55.5 Å². The molecule has 2 heterocycles. The third-order valence-corrected chi connectivity index (χ3v) is 9.35. The minimum absolute atomic E-state index is 0. The number of fused-ring (bicyclic) bond motifs is 1. The van der Waals surface area contributed by atoms with Crippen molar-refractivity contribution in [3.63, 3.8) is 0 Å². The van der Waals surface area contributed by atoms with Gasteiger partial charge in [0.1, 0.15) is 5.84 Å². The van der Waals surface area contributed by atoms with Gasteiger partial charge in [0.05, 0.1) is 17.0 Å². The van der Waals surface area contributed by atoms with E-state index in [9.17, 15) is 8.42 Å². The van der Waals surface area contributed by atoms with Crippen molar-refractivity contribution in [3.8, 4) is 0 Å². The van der Waals surface area contributed by atoms with E-state index in [4.69, 9.17) is 16.6 Å². The molecule has 184 valence electrons. The third-order valence-electron chi connectivity index (χ3n) is 7.21. The molecule has 2 N–H and O–H groups in total. The zero-order valence-corrected chi connectivity index (χ0v) is 21.6. The van der Waals surface area contributed by atoms with Gasteiger partial charge in [-0.25, -0.2) is 8.42 Å². The molecule has 0 bridgehead atoms. The molecule has 2 aliphatic heterocycles. The second-order valence-corrected chi connectivity index (χ2v) is 11.6. The first-order chi connectivity index (χ1) is 16.0. The monoisotopic (exact) mass is 522 g/mol. The fraction of sp³-hybridized carbons (Fsp3) is 0.480. The maximum atomic E-state index is 13.4. The van der Waals surface area contributed by atoms with E-state index in [2.05, 4.69) is 10.6 Å². The Morgan fingerprint density at radius 3 is 2.47 bits per heavy atom. The molecular weight excluding hydrogens is 491 g/mol. The Morgan fingerprint density at radius 2 is 1.74 bits per heavy atom.